The Hall–Kier alpha value is -4.46. The monoisotopic (exact) mass is 664 g/mol. The number of carbonyl (C=O) groups excluding carboxylic acids is 2. The maximum atomic E-state index is 13.9. The SMILES string of the molecule is COc1cccc(CNS(=O)(=O)c2ccc(NC(=O)COc3ccc(Cl)cc3C(=O)c3cc(F)cc(C(F)(F)F)c3)c(C)c2)c1. The second-order valence-electron chi connectivity index (χ2n) is 9.69. The number of hydrogen-bond donors (Lipinski definition) is 2. The average molecular weight is 665 g/mol. The summed E-state index contributed by atoms with van der Waals surface area (Å²) in [6.45, 7) is 0.967. The number of halogens is 5. The summed E-state index contributed by atoms with van der Waals surface area (Å²) in [5.74, 6) is -2.57. The Morgan fingerprint density at radius 1 is 0.956 bits per heavy atom. The van der Waals surface area contributed by atoms with Gasteiger partial charge in [0.05, 0.1) is 23.1 Å². The van der Waals surface area contributed by atoms with E-state index in [4.69, 9.17) is 21.1 Å². The maximum absolute atomic E-state index is 13.9. The second kappa shape index (κ2) is 13.7. The standard InChI is InChI=1S/C31H25ClF4N2O6S/c1-18-10-25(45(41,42)37-16-19-4-3-5-24(11-19)43-2)7-8-27(18)38-29(39)17-44-28-9-6-22(32)15-26(28)30(40)20-12-21(31(34,35)36)14-23(33)13-20/h3-15,37H,16-17H2,1-2H3,(H,38,39). The summed E-state index contributed by atoms with van der Waals surface area (Å²) >= 11 is 5.99. The minimum Gasteiger partial charge on any atom is -0.497 e. The molecule has 0 aliphatic heterocycles. The lowest BCUT2D eigenvalue weighted by Crippen LogP contribution is -2.24. The van der Waals surface area contributed by atoms with E-state index in [1.54, 1.807) is 31.2 Å². The van der Waals surface area contributed by atoms with E-state index in [0.29, 0.717) is 29.0 Å². The summed E-state index contributed by atoms with van der Waals surface area (Å²) in [5.41, 5.74) is -0.852. The van der Waals surface area contributed by atoms with E-state index in [1.165, 1.54) is 37.4 Å². The number of benzene rings is 4. The molecule has 0 aromatic heterocycles. The van der Waals surface area contributed by atoms with Crippen molar-refractivity contribution in [3.8, 4) is 11.5 Å². The van der Waals surface area contributed by atoms with Gasteiger partial charge in [-0.1, -0.05) is 23.7 Å². The van der Waals surface area contributed by atoms with Gasteiger partial charge in [0.25, 0.3) is 5.91 Å². The second-order valence-corrected chi connectivity index (χ2v) is 11.9. The minimum atomic E-state index is -4.89. The lowest BCUT2D eigenvalue weighted by atomic mass is 10.00. The number of aryl methyl sites for hydroxylation is 1. The summed E-state index contributed by atoms with van der Waals surface area (Å²) < 4.78 is 92.3. The number of rotatable bonds is 11. The number of anilines is 1. The zero-order chi connectivity index (χ0) is 32.9. The Labute approximate surface area is 261 Å². The Morgan fingerprint density at radius 2 is 1.71 bits per heavy atom. The molecule has 0 fully saturated rings. The summed E-state index contributed by atoms with van der Waals surface area (Å²) in [4.78, 5) is 25.7. The first-order valence-electron chi connectivity index (χ1n) is 13.0. The third-order valence-corrected chi connectivity index (χ3v) is 8.05. The fourth-order valence-electron chi connectivity index (χ4n) is 4.16. The van der Waals surface area contributed by atoms with E-state index >= 15 is 0 Å². The average Bonchev–Trinajstić information content (AvgIpc) is 2.99. The predicted octanol–water partition coefficient (Wildman–Crippen LogP) is 6.54. The van der Waals surface area contributed by atoms with Crippen LogP contribution in [0.3, 0.4) is 0 Å². The van der Waals surface area contributed by atoms with Crippen LogP contribution in [0, 0.1) is 12.7 Å². The number of ether oxygens (including phenoxy) is 2. The van der Waals surface area contributed by atoms with Crippen molar-refractivity contribution in [2.24, 2.45) is 0 Å². The molecular formula is C31H25ClF4N2O6S. The molecular weight excluding hydrogens is 640 g/mol. The molecule has 1 amide bonds. The number of alkyl halides is 3. The molecule has 0 bridgehead atoms. The highest BCUT2D eigenvalue weighted by Crippen LogP contribution is 2.32. The highest BCUT2D eigenvalue weighted by Gasteiger charge is 2.32. The van der Waals surface area contributed by atoms with Crippen molar-refractivity contribution in [2.45, 2.75) is 24.5 Å². The van der Waals surface area contributed by atoms with Crippen LogP contribution < -0.4 is 19.5 Å². The van der Waals surface area contributed by atoms with Gasteiger partial charge in [0.15, 0.2) is 12.4 Å². The highest BCUT2D eigenvalue weighted by atomic mass is 35.5. The van der Waals surface area contributed by atoms with Crippen molar-refractivity contribution < 1.29 is 45.0 Å². The summed E-state index contributed by atoms with van der Waals surface area (Å²) in [5, 5.41) is 2.62. The van der Waals surface area contributed by atoms with Crippen LogP contribution in [0.1, 0.15) is 32.6 Å². The number of sulfonamides is 1. The quantitative estimate of drug-likeness (QED) is 0.139. The van der Waals surface area contributed by atoms with E-state index in [0.717, 1.165) is 6.07 Å². The van der Waals surface area contributed by atoms with Gasteiger partial charge in [-0.2, -0.15) is 13.2 Å². The Bertz CT molecular complexity index is 1870. The summed E-state index contributed by atoms with van der Waals surface area (Å²) in [6, 6.07) is 16.1. The molecule has 4 aromatic rings. The number of methoxy groups -OCH3 is 1. The summed E-state index contributed by atoms with van der Waals surface area (Å²) in [6.07, 6.45) is -4.89. The van der Waals surface area contributed by atoms with Gasteiger partial charge in [-0.05, 0) is 84.8 Å². The van der Waals surface area contributed by atoms with Gasteiger partial charge in [0.1, 0.15) is 17.3 Å². The zero-order valence-electron chi connectivity index (χ0n) is 23.7. The fraction of sp³-hybridized carbons (Fsp3) is 0.161. The maximum Gasteiger partial charge on any atom is 0.416 e. The van der Waals surface area contributed by atoms with Crippen LogP contribution in [0.4, 0.5) is 23.2 Å². The van der Waals surface area contributed by atoms with Crippen LogP contribution in [0.5, 0.6) is 11.5 Å². The molecule has 45 heavy (non-hydrogen) atoms. The number of ketones is 1. The molecule has 0 atom stereocenters. The van der Waals surface area contributed by atoms with Crippen LogP contribution in [0.2, 0.25) is 5.02 Å². The van der Waals surface area contributed by atoms with Gasteiger partial charge in [-0.15, -0.1) is 0 Å². The third kappa shape index (κ3) is 8.59. The molecule has 2 N–H and O–H groups in total. The molecule has 236 valence electrons. The van der Waals surface area contributed by atoms with Crippen molar-refractivity contribution in [3.63, 3.8) is 0 Å². The highest BCUT2D eigenvalue weighted by molar-refractivity contribution is 7.89. The minimum absolute atomic E-state index is 0.0201. The molecule has 0 saturated heterocycles. The van der Waals surface area contributed by atoms with E-state index in [-0.39, 0.29) is 39.5 Å². The Morgan fingerprint density at radius 3 is 2.40 bits per heavy atom. The zero-order valence-corrected chi connectivity index (χ0v) is 25.2. The molecule has 0 spiro atoms. The van der Waals surface area contributed by atoms with Gasteiger partial charge in [-0.3, -0.25) is 9.59 Å². The molecule has 0 heterocycles. The van der Waals surface area contributed by atoms with Crippen molar-refractivity contribution in [2.75, 3.05) is 19.0 Å². The van der Waals surface area contributed by atoms with Crippen molar-refractivity contribution in [1.29, 1.82) is 0 Å². The normalized spacial score (nSPS) is 11.6. The first-order valence-corrected chi connectivity index (χ1v) is 14.9. The predicted molar refractivity (Wildman–Crippen MR) is 159 cm³/mol. The van der Waals surface area contributed by atoms with Crippen LogP contribution in [0.15, 0.2) is 83.8 Å². The largest absolute Gasteiger partial charge is 0.497 e. The molecule has 0 radical (unpaired) electrons. The van der Waals surface area contributed by atoms with Crippen LogP contribution >= 0.6 is 11.6 Å². The molecule has 4 rings (SSSR count). The fourth-order valence-corrected chi connectivity index (χ4v) is 5.44. The lowest BCUT2D eigenvalue weighted by Gasteiger charge is -2.14. The smallest absolute Gasteiger partial charge is 0.416 e. The molecule has 0 aliphatic carbocycles. The van der Waals surface area contributed by atoms with Gasteiger partial charge < -0.3 is 14.8 Å². The van der Waals surface area contributed by atoms with E-state index in [2.05, 4.69) is 10.0 Å². The molecule has 8 nitrogen and oxygen atoms in total. The molecule has 4 aromatic carbocycles. The van der Waals surface area contributed by atoms with E-state index < -0.39 is 51.4 Å². The molecule has 14 heteroatoms. The molecule has 0 aliphatic rings. The summed E-state index contributed by atoms with van der Waals surface area (Å²) in [7, 11) is -2.40. The number of nitrogens with one attached hydrogen (secondary N) is 2. The number of amides is 1. The van der Waals surface area contributed by atoms with Crippen LogP contribution in [-0.4, -0.2) is 33.8 Å². The van der Waals surface area contributed by atoms with Crippen LogP contribution in [0.25, 0.3) is 0 Å². The van der Waals surface area contributed by atoms with Crippen molar-refractivity contribution in [1.82, 2.24) is 4.72 Å². The van der Waals surface area contributed by atoms with Gasteiger partial charge >= 0.3 is 6.18 Å². The Balaban J connectivity index is 1.44. The Kier molecular flexibility index (Phi) is 10.2. The lowest BCUT2D eigenvalue weighted by molar-refractivity contribution is -0.137. The van der Waals surface area contributed by atoms with Crippen LogP contribution in [-0.2, 0) is 27.5 Å². The van der Waals surface area contributed by atoms with Gasteiger partial charge in [0.2, 0.25) is 10.0 Å². The topological polar surface area (TPSA) is 111 Å². The van der Waals surface area contributed by atoms with Gasteiger partial charge in [0, 0.05) is 22.8 Å². The number of carbonyl (C=O) groups is 2. The molecule has 0 unspecified atom stereocenters. The molecule has 0 saturated carbocycles. The first-order chi connectivity index (χ1) is 21.2. The third-order valence-electron chi connectivity index (χ3n) is 6.42. The van der Waals surface area contributed by atoms with Crippen molar-refractivity contribution in [3.05, 3.63) is 118 Å². The first kappa shape index (κ1) is 33.4. The van der Waals surface area contributed by atoms with E-state index in [1.807, 2.05) is 0 Å². The van der Waals surface area contributed by atoms with E-state index in [9.17, 15) is 35.6 Å². The number of hydrogen-bond acceptors (Lipinski definition) is 6. The van der Waals surface area contributed by atoms with Crippen molar-refractivity contribution >= 4 is 39.0 Å². The van der Waals surface area contributed by atoms with Gasteiger partial charge in [-0.25, -0.2) is 17.5 Å².